The van der Waals surface area contributed by atoms with E-state index >= 15 is 0 Å². The summed E-state index contributed by atoms with van der Waals surface area (Å²) < 4.78 is 30.6. The molecule has 15 heteroatoms. The molecule has 4 heterocycles. The standard InChI is InChI=1S/C36H32O15/c37-13-27-31(44)32(45)33(46)35(49-27)47-17-8-21(41)28-18-12-36(50-25(28)9-17,15-3-6-19(39)20(40)7-15)51-26-11-23(43)30-22(42)10-24(48-34(30)29(18)26)14-1-4-16(38)5-2-14/h1-9,11,18,24,27,31-33,35,37-41,43-46H,10,12-13H2. The van der Waals surface area contributed by atoms with Gasteiger partial charge in [-0.25, -0.2) is 0 Å². The molecule has 8 rings (SSSR count). The van der Waals surface area contributed by atoms with Gasteiger partial charge in [0.05, 0.1) is 13.0 Å². The Morgan fingerprint density at radius 3 is 2.20 bits per heavy atom. The van der Waals surface area contributed by atoms with Crippen LogP contribution in [0.3, 0.4) is 0 Å². The van der Waals surface area contributed by atoms with E-state index in [1.165, 1.54) is 48.5 Å². The van der Waals surface area contributed by atoms with E-state index < -0.39 is 78.2 Å². The number of carbonyl (C=O) groups is 1. The van der Waals surface area contributed by atoms with Gasteiger partial charge in [-0.1, -0.05) is 12.1 Å². The maximum absolute atomic E-state index is 13.6. The predicted molar refractivity (Wildman–Crippen MR) is 170 cm³/mol. The minimum absolute atomic E-state index is 0.0110. The minimum atomic E-state index is -1.76. The Morgan fingerprint density at radius 1 is 0.765 bits per heavy atom. The van der Waals surface area contributed by atoms with E-state index in [1.54, 1.807) is 12.1 Å². The van der Waals surface area contributed by atoms with E-state index in [4.69, 9.17) is 23.7 Å². The lowest BCUT2D eigenvalue weighted by atomic mass is 9.76. The number of carbonyl (C=O) groups excluding carboxylic acids is 1. The third-order valence-electron chi connectivity index (χ3n) is 9.76. The highest BCUT2D eigenvalue weighted by Crippen LogP contribution is 2.62. The molecule has 4 aliphatic heterocycles. The highest BCUT2D eigenvalue weighted by atomic mass is 16.7. The van der Waals surface area contributed by atoms with Crippen molar-refractivity contribution >= 4 is 5.78 Å². The molecule has 15 nitrogen and oxygen atoms in total. The summed E-state index contributed by atoms with van der Waals surface area (Å²) in [7, 11) is 0. The summed E-state index contributed by atoms with van der Waals surface area (Å²) in [4.78, 5) is 13.6. The van der Waals surface area contributed by atoms with Crippen LogP contribution in [0.2, 0.25) is 0 Å². The normalized spacial score (nSPS) is 29.0. The van der Waals surface area contributed by atoms with Gasteiger partial charge < -0.3 is 69.6 Å². The number of phenols is 5. The van der Waals surface area contributed by atoms with Gasteiger partial charge in [0.2, 0.25) is 6.29 Å². The van der Waals surface area contributed by atoms with Gasteiger partial charge in [0, 0.05) is 47.2 Å². The zero-order valence-electron chi connectivity index (χ0n) is 26.4. The Labute approximate surface area is 288 Å². The number of benzene rings is 4. The number of aromatic hydroxyl groups is 5. The number of Topliss-reactive ketones (excluding diaryl/α,β-unsaturated/α-hetero) is 1. The molecule has 0 aromatic heterocycles. The molecule has 0 aliphatic carbocycles. The number of fused-ring (bicyclic) bond motifs is 8. The molecule has 1 saturated heterocycles. The molecule has 1 fully saturated rings. The summed E-state index contributed by atoms with van der Waals surface area (Å²) in [6.07, 6.45) is -8.94. The van der Waals surface area contributed by atoms with Crippen LogP contribution in [0, 0.1) is 0 Å². The highest BCUT2D eigenvalue weighted by Gasteiger charge is 2.54. The Bertz CT molecular complexity index is 2050. The fourth-order valence-electron chi connectivity index (χ4n) is 7.23. The van der Waals surface area contributed by atoms with E-state index in [0.29, 0.717) is 11.1 Å². The second-order valence-electron chi connectivity index (χ2n) is 12.9. The van der Waals surface area contributed by atoms with Gasteiger partial charge in [0.25, 0.3) is 5.79 Å². The first kappa shape index (κ1) is 32.7. The van der Waals surface area contributed by atoms with Crippen molar-refractivity contribution in [3.63, 3.8) is 0 Å². The number of phenolic OH excluding ortho intramolecular Hbond substituents is 5. The number of hydrogen-bond donors (Lipinski definition) is 9. The molecule has 9 N–H and O–H groups in total. The van der Waals surface area contributed by atoms with Crippen LogP contribution in [0.25, 0.3) is 0 Å². The van der Waals surface area contributed by atoms with Crippen molar-refractivity contribution in [3.8, 4) is 51.7 Å². The van der Waals surface area contributed by atoms with Gasteiger partial charge in [-0.2, -0.15) is 0 Å². The zero-order valence-corrected chi connectivity index (χ0v) is 26.4. The molecule has 0 saturated carbocycles. The van der Waals surface area contributed by atoms with Crippen LogP contribution in [-0.4, -0.2) is 89.1 Å². The average molecular weight is 705 g/mol. The van der Waals surface area contributed by atoms with Crippen LogP contribution in [0.4, 0.5) is 0 Å². The van der Waals surface area contributed by atoms with Gasteiger partial charge in [-0.15, -0.1) is 0 Å². The fraction of sp³-hybridized carbons (Fsp3) is 0.306. The van der Waals surface area contributed by atoms with Crippen molar-refractivity contribution in [2.75, 3.05) is 6.61 Å². The lowest BCUT2D eigenvalue weighted by molar-refractivity contribution is -0.277. The van der Waals surface area contributed by atoms with Gasteiger partial charge in [0.15, 0.2) is 17.3 Å². The van der Waals surface area contributed by atoms with E-state index in [0.717, 1.165) is 0 Å². The first-order valence-corrected chi connectivity index (χ1v) is 16.0. The SMILES string of the molecule is O=C1CC(c2ccc(O)cc2)Oc2c1c(O)cc1c2C2CC(c3ccc(O)c(O)c3)(Oc3cc(OC4OC(CO)C(O)C(O)C4O)cc(O)c32)O1. The van der Waals surface area contributed by atoms with Crippen molar-refractivity contribution in [3.05, 3.63) is 88.5 Å². The van der Waals surface area contributed by atoms with Gasteiger partial charge in [-0.3, -0.25) is 4.79 Å². The summed E-state index contributed by atoms with van der Waals surface area (Å²) in [5, 5.41) is 93.7. The molecule has 0 spiro atoms. The van der Waals surface area contributed by atoms with Gasteiger partial charge >= 0.3 is 0 Å². The van der Waals surface area contributed by atoms with Crippen molar-refractivity contribution in [1.82, 2.24) is 0 Å². The first-order chi connectivity index (χ1) is 24.4. The fourth-order valence-corrected chi connectivity index (χ4v) is 7.23. The Kier molecular flexibility index (Phi) is 7.59. The first-order valence-electron chi connectivity index (χ1n) is 16.0. The molecule has 51 heavy (non-hydrogen) atoms. The van der Waals surface area contributed by atoms with Gasteiger partial charge in [-0.05, 0) is 35.9 Å². The molecule has 0 amide bonds. The maximum atomic E-state index is 13.6. The summed E-state index contributed by atoms with van der Waals surface area (Å²) >= 11 is 0. The molecule has 4 aromatic carbocycles. The number of hydrogen-bond acceptors (Lipinski definition) is 15. The zero-order chi connectivity index (χ0) is 35.9. The quantitative estimate of drug-likeness (QED) is 0.135. The van der Waals surface area contributed by atoms with Crippen LogP contribution in [0.15, 0.2) is 60.7 Å². The maximum Gasteiger partial charge on any atom is 0.279 e. The van der Waals surface area contributed by atoms with Crippen molar-refractivity contribution < 1.29 is 74.4 Å². The van der Waals surface area contributed by atoms with Crippen LogP contribution in [-0.2, 0) is 10.5 Å². The third-order valence-corrected chi connectivity index (χ3v) is 9.76. The van der Waals surface area contributed by atoms with Gasteiger partial charge in [0.1, 0.15) is 76.3 Å². The van der Waals surface area contributed by atoms with E-state index in [9.17, 15) is 50.8 Å². The second-order valence-corrected chi connectivity index (χ2v) is 12.9. The van der Waals surface area contributed by atoms with E-state index in [-0.39, 0.29) is 64.0 Å². The Hall–Kier alpha value is -5.45. The Balaban J connectivity index is 1.27. The minimum Gasteiger partial charge on any atom is -0.508 e. The third kappa shape index (κ3) is 5.20. The smallest absolute Gasteiger partial charge is 0.279 e. The van der Waals surface area contributed by atoms with Crippen LogP contribution >= 0.6 is 0 Å². The molecule has 8 atom stereocenters. The molecular formula is C36H32O15. The summed E-state index contributed by atoms with van der Waals surface area (Å²) in [5.74, 6) is -4.78. The van der Waals surface area contributed by atoms with Crippen LogP contribution in [0.5, 0.6) is 51.7 Å². The average Bonchev–Trinajstić information content (AvgIpc) is 3.09. The molecule has 0 radical (unpaired) electrons. The number of ketones is 1. The summed E-state index contributed by atoms with van der Waals surface area (Å²) in [6, 6.07) is 13.9. The van der Waals surface area contributed by atoms with Crippen molar-refractivity contribution in [1.29, 1.82) is 0 Å². The largest absolute Gasteiger partial charge is 0.508 e. The van der Waals surface area contributed by atoms with Crippen LogP contribution < -0.4 is 18.9 Å². The topological polar surface area (TPSA) is 245 Å². The molecule has 4 aliphatic rings. The number of rotatable bonds is 5. The van der Waals surface area contributed by atoms with E-state index in [1.807, 2.05) is 0 Å². The second kappa shape index (κ2) is 11.8. The van der Waals surface area contributed by atoms with Crippen molar-refractivity contribution in [2.24, 2.45) is 0 Å². The van der Waals surface area contributed by atoms with Crippen molar-refractivity contribution in [2.45, 2.75) is 61.4 Å². The lowest BCUT2D eigenvalue weighted by Gasteiger charge is -2.47. The van der Waals surface area contributed by atoms with E-state index in [2.05, 4.69) is 0 Å². The number of ether oxygens (including phenoxy) is 5. The lowest BCUT2D eigenvalue weighted by Crippen LogP contribution is -2.60. The molecular weight excluding hydrogens is 672 g/mol. The number of aliphatic hydroxyl groups excluding tert-OH is 4. The summed E-state index contributed by atoms with van der Waals surface area (Å²) in [5.41, 5.74) is 1.24. The molecule has 4 aromatic rings. The highest BCUT2D eigenvalue weighted by molar-refractivity contribution is 6.03. The summed E-state index contributed by atoms with van der Waals surface area (Å²) in [6.45, 7) is -0.693. The predicted octanol–water partition coefficient (Wildman–Crippen LogP) is 2.26. The monoisotopic (exact) mass is 704 g/mol. The van der Waals surface area contributed by atoms with Crippen LogP contribution in [0.1, 0.15) is 57.5 Å². The Morgan fingerprint density at radius 2 is 1.49 bits per heavy atom. The molecule has 266 valence electrons. The number of aliphatic hydroxyl groups is 4. The molecule has 8 unspecified atom stereocenters. The molecule has 2 bridgehead atoms.